The maximum atomic E-state index is 6.83. The molecule has 1 saturated carbocycles. The first kappa shape index (κ1) is 10.6. The van der Waals surface area contributed by atoms with Gasteiger partial charge in [-0.05, 0) is 43.9 Å². The topological polar surface area (TPSA) is 4.36 Å². The van der Waals surface area contributed by atoms with E-state index in [1.807, 2.05) is 0 Å². The third kappa shape index (κ3) is 3.81. The number of nitrogens with zero attached hydrogens (tertiary/aromatic N) is 1. The summed E-state index contributed by atoms with van der Waals surface area (Å²) in [5, 5.41) is 0. The second kappa shape index (κ2) is 5.27. The first-order valence-electron chi connectivity index (χ1n) is 5.55. The number of hydrogen-bond acceptors (Lipinski definition) is 0. The summed E-state index contributed by atoms with van der Waals surface area (Å²) in [6, 6.07) is 0. The predicted molar refractivity (Wildman–Crippen MR) is 56.4 cm³/mol. The van der Waals surface area contributed by atoms with E-state index in [1.54, 1.807) is 0 Å². The van der Waals surface area contributed by atoms with E-state index in [0.717, 1.165) is 24.3 Å². The van der Waals surface area contributed by atoms with Crippen molar-refractivity contribution in [2.75, 3.05) is 6.54 Å². The summed E-state index contributed by atoms with van der Waals surface area (Å²) in [5.41, 5.74) is 0. The highest BCUT2D eigenvalue weighted by atomic mass is 14.6. The molecule has 0 radical (unpaired) electrons. The van der Waals surface area contributed by atoms with Crippen molar-refractivity contribution >= 4 is 0 Å². The molecule has 0 bridgehead atoms. The Morgan fingerprint density at radius 3 is 2.15 bits per heavy atom. The zero-order valence-corrected chi connectivity index (χ0v) is 8.92. The maximum Gasteiger partial charge on any atom is 0.217 e. The third-order valence-electron chi connectivity index (χ3n) is 3.12. The van der Waals surface area contributed by atoms with Crippen molar-refractivity contribution in [3.05, 3.63) is 11.4 Å². The number of hydrogen-bond donors (Lipinski definition) is 0. The molecule has 1 heteroatoms. The van der Waals surface area contributed by atoms with E-state index < -0.39 is 0 Å². The first-order valence-corrected chi connectivity index (χ1v) is 5.55. The van der Waals surface area contributed by atoms with Crippen LogP contribution in [-0.4, -0.2) is 6.54 Å². The molecule has 0 N–H and O–H groups in total. The molecule has 1 fully saturated rings. The minimum absolute atomic E-state index is 0.723. The Morgan fingerprint density at radius 2 is 1.69 bits per heavy atom. The molecule has 74 valence electrons. The van der Waals surface area contributed by atoms with E-state index in [2.05, 4.69) is 18.7 Å². The van der Waals surface area contributed by atoms with E-state index in [4.69, 9.17) is 6.57 Å². The Balaban J connectivity index is 2.19. The van der Waals surface area contributed by atoms with Crippen LogP contribution in [0, 0.1) is 24.3 Å². The summed E-state index contributed by atoms with van der Waals surface area (Å²) in [5.74, 6) is 2.53. The fourth-order valence-corrected chi connectivity index (χ4v) is 2.45. The summed E-state index contributed by atoms with van der Waals surface area (Å²) in [4.78, 5) is 3.50. The van der Waals surface area contributed by atoms with Gasteiger partial charge in [0.15, 0.2) is 0 Å². The fraction of sp³-hybridized carbons (Fsp3) is 0.917. The molecule has 0 aromatic rings. The zero-order chi connectivity index (χ0) is 9.68. The predicted octanol–water partition coefficient (Wildman–Crippen LogP) is 3.76. The van der Waals surface area contributed by atoms with Crippen LogP contribution in [0.15, 0.2) is 0 Å². The van der Waals surface area contributed by atoms with E-state index >= 15 is 0 Å². The van der Waals surface area contributed by atoms with Crippen LogP contribution in [-0.2, 0) is 0 Å². The van der Waals surface area contributed by atoms with Gasteiger partial charge in [0.25, 0.3) is 0 Å². The second-order valence-corrected chi connectivity index (χ2v) is 4.86. The lowest BCUT2D eigenvalue weighted by Gasteiger charge is -2.26. The van der Waals surface area contributed by atoms with Crippen LogP contribution < -0.4 is 0 Å². The van der Waals surface area contributed by atoms with Gasteiger partial charge in [0, 0.05) is 5.92 Å². The van der Waals surface area contributed by atoms with Crippen LogP contribution in [0.5, 0.6) is 0 Å². The van der Waals surface area contributed by atoms with Crippen molar-refractivity contribution in [3.63, 3.8) is 0 Å². The van der Waals surface area contributed by atoms with E-state index in [9.17, 15) is 0 Å². The minimum Gasteiger partial charge on any atom is -0.317 e. The summed E-state index contributed by atoms with van der Waals surface area (Å²) < 4.78 is 0. The van der Waals surface area contributed by atoms with Crippen molar-refractivity contribution in [3.8, 4) is 0 Å². The van der Waals surface area contributed by atoms with Gasteiger partial charge in [-0.15, -0.1) is 0 Å². The standard InChI is InChI=1S/C12H21N/c1-10(2)8-11-4-6-12(7-5-11)9-13-3/h10-12H,4-9H2,1-2H3. The fourth-order valence-electron chi connectivity index (χ4n) is 2.45. The largest absolute Gasteiger partial charge is 0.317 e. The molecule has 0 atom stereocenters. The van der Waals surface area contributed by atoms with Gasteiger partial charge in [0.1, 0.15) is 0 Å². The Hall–Kier alpha value is -0.510. The lowest BCUT2D eigenvalue weighted by atomic mass is 9.78. The minimum atomic E-state index is 0.723. The maximum absolute atomic E-state index is 6.83. The average molecular weight is 179 g/mol. The van der Waals surface area contributed by atoms with Crippen LogP contribution in [0.3, 0.4) is 0 Å². The summed E-state index contributed by atoms with van der Waals surface area (Å²) >= 11 is 0. The molecular formula is C12H21N. The van der Waals surface area contributed by atoms with Gasteiger partial charge in [-0.1, -0.05) is 13.8 Å². The van der Waals surface area contributed by atoms with E-state index in [1.165, 1.54) is 32.1 Å². The molecule has 0 aromatic heterocycles. The van der Waals surface area contributed by atoms with Crippen molar-refractivity contribution in [2.45, 2.75) is 46.0 Å². The Labute approximate surface area is 82.4 Å². The SMILES string of the molecule is [C-]#[N+]CC1CCC(CC(C)C)CC1. The van der Waals surface area contributed by atoms with Crippen LogP contribution in [0.2, 0.25) is 0 Å². The Morgan fingerprint density at radius 1 is 1.15 bits per heavy atom. The molecule has 0 amide bonds. The van der Waals surface area contributed by atoms with Crippen molar-refractivity contribution in [1.82, 2.24) is 0 Å². The number of rotatable bonds is 3. The van der Waals surface area contributed by atoms with Gasteiger partial charge >= 0.3 is 0 Å². The van der Waals surface area contributed by atoms with Gasteiger partial charge < -0.3 is 4.85 Å². The highest BCUT2D eigenvalue weighted by Gasteiger charge is 2.22. The highest BCUT2D eigenvalue weighted by Crippen LogP contribution is 2.32. The van der Waals surface area contributed by atoms with Gasteiger partial charge in [-0.3, -0.25) is 0 Å². The molecule has 1 rings (SSSR count). The van der Waals surface area contributed by atoms with Gasteiger partial charge in [0.05, 0.1) is 0 Å². The second-order valence-electron chi connectivity index (χ2n) is 4.86. The summed E-state index contributed by atoms with van der Waals surface area (Å²) in [6.45, 7) is 12.2. The average Bonchev–Trinajstić information content (AvgIpc) is 2.08. The molecule has 1 aliphatic rings. The monoisotopic (exact) mass is 179 g/mol. The van der Waals surface area contributed by atoms with Gasteiger partial charge in [-0.2, -0.15) is 0 Å². The molecule has 1 aliphatic carbocycles. The lowest BCUT2D eigenvalue weighted by Crippen LogP contribution is -2.17. The molecule has 0 aromatic carbocycles. The summed E-state index contributed by atoms with van der Waals surface area (Å²) in [7, 11) is 0. The molecular weight excluding hydrogens is 158 g/mol. The smallest absolute Gasteiger partial charge is 0.217 e. The molecule has 0 unspecified atom stereocenters. The van der Waals surface area contributed by atoms with Gasteiger partial charge in [0.2, 0.25) is 6.54 Å². The van der Waals surface area contributed by atoms with Crippen molar-refractivity contribution in [2.24, 2.45) is 17.8 Å². The molecule has 13 heavy (non-hydrogen) atoms. The first-order chi connectivity index (χ1) is 6.22. The molecule has 0 aliphatic heterocycles. The highest BCUT2D eigenvalue weighted by molar-refractivity contribution is 4.78. The zero-order valence-electron chi connectivity index (χ0n) is 8.92. The normalized spacial score (nSPS) is 28.8. The van der Waals surface area contributed by atoms with Crippen molar-refractivity contribution < 1.29 is 0 Å². The lowest BCUT2D eigenvalue weighted by molar-refractivity contribution is 0.254. The van der Waals surface area contributed by atoms with Crippen molar-refractivity contribution in [1.29, 1.82) is 0 Å². The molecule has 0 heterocycles. The third-order valence-corrected chi connectivity index (χ3v) is 3.12. The molecule has 0 saturated heterocycles. The molecule has 1 nitrogen and oxygen atoms in total. The molecule has 0 spiro atoms. The van der Waals surface area contributed by atoms with Crippen LogP contribution in [0.4, 0.5) is 0 Å². The van der Waals surface area contributed by atoms with Crippen LogP contribution in [0.25, 0.3) is 4.85 Å². The Bertz CT molecular complexity index is 170. The van der Waals surface area contributed by atoms with Crippen LogP contribution >= 0.6 is 0 Å². The van der Waals surface area contributed by atoms with Crippen LogP contribution in [0.1, 0.15) is 46.0 Å². The van der Waals surface area contributed by atoms with E-state index in [-0.39, 0.29) is 0 Å². The Kier molecular flexibility index (Phi) is 4.28. The summed E-state index contributed by atoms with van der Waals surface area (Å²) in [6.07, 6.45) is 6.75. The van der Waals surface area contributed by atoms with Gasteiger partial charge in [-0.25, -0.2) is 6.57 Å². The quantitative estimate of drug-likeness (QED) is 0.581. The van der Waals surface area contributed by atoms with E-state index in [0.29, 0.717) is 0 Å².